The molecule has 0 saturated carbocycles. The molecule has 0 fully saturated rings. The Morgan fingerprint density at radius 2 is 2.08 bits per heavy atom. The fourth-order valence-corrected chi connectivity index (χ4v) is 1.01. The SMILES string of the molecule is Cc1cc(NN)ccc1C(F)F. The number of nitrogens with two attached hydrogens (primary N) is 1. The third-order valence-corrected chi connectivity index (χ3v) is 1.67. The van der Waals surface area contributed by atoms with Crippen molar-refractivity contribution in [3.63, 3.8) is 0 Å². The molecule has 2 nitrogen and oxygen atoms in total. The maximum Gasteiger partial charge on any atom is 0.264 e. The molecule has 0 aliphatic carbocycles. The van der Waals surface area contributed by atoms with Gasteiger partial charge in [0.05, 0.1) is 0 Å². The summed E-state index contributed by atoms with van der Waals surface area (Å²) in [6.07, 6.45) is -2.42. The number of nitrogens with one attached hydrogen (secondary N) is 1. The highest BCUT2D eigenvalue weighted by Gasteiger charge is 2.09. The van der Waals surface area contributed by atoms with E-state index in [0.717, 1.165) is 0 Å². The lowest BCUT2D eigenvalue weighted by atomic mass is 10.1. The number of benzene rings is 1. The van der Waals surface area contributed by atoms with Crippen molar-refractivity contribution in [2.45, 2.75) is 13.3 Å². The summed E-state index contributed by atoms with van der Waals surface area (Å²) >= 11 is 0. The summed E-state index contributed by atoms with van der Waals surface area (Å²) in [5.41, 5.74) is 3.62. The van der Waals surface area contributed by atoms with Crippen molar-refractivity contribution >= 4 is 5.69 Å². The van der Waals surface area contributed by atoms with Gasteiger partial charge in [-0.05, 0) is 24.6 Å². The molecule has 0 aliphatic heterocycles. The van der Waals surface area contributed by atoms with Crippen LogP contribution < -0.4 is 11.3 Å². The number of halogens is 2. The first-order chi connectivity index (χ1) is 5.65. The van der Waals surface area contributed by atoms with Crippen LogP contribution in [0.15, 0.2) is 18.2 Å². The minimum atomic E-state index is -2.42. The summed E-state index contributed by atoms with van der Waals surface area (Å²) in [4.78, 5) is 0. The van der Waals surface area contributed by atoms with Crippen molar-refractivity contribution < 1.29 is 8.78 Å². The summed E-state index contributed by atoms with van der Waals surface area (Å²) in [7, 11) is 0. The molecule has 3 N–H and O–H groups in total. The normalized spacial score (nSPS) is 10.4. The second-order valence-electron chi connectivity index (χ2n) is 2.52. The van der Waals surface area contributed by atoms with Gasteiger partial charge in [0, 0.05) is 11.3 Å². The molecule has 0 atom stereocenters. The van der Waals surface area contributed by atoms with Crippen LogP contribution in [0.25, 0.3) is 0 Å². The zero-order valence-electron chi connectivity index (χ0n) is 6.64. The second-order valence-corrected chi connectivity index (χ2v) is 2.52. The number of alkyl halides is 2. The molecule has 12 heavy (non-hydrogen) atoms. The standard InChI is InChI=1S/C8H10F2N2/c1-5-4-6(12-11)2-3-7(5)8(9)10/h2-4,8,12H,11H2,1H3. The van der Waals surface area contributed by atoms with E-state index in [2.05, 4.69) is 5.43 Å². The van der Waals surface area contributed by atoms with Crippen molar-refractivity contribution in [3.8, 4) is 0 Å². The van der Waals surface area contributed by atoms with E-state index >= 15 is 0 Å². The summed E-state index contributed by atoms with van der Waals surface area (Å²) in [5, 5.41) is 0. The molecule has 0 radical (unpaired) electrons. The molecule has 1 rings (SSSR count). The molecule has 0 aliphatic rings. The number of aryl methyl sites for hydroxylation is 1. The number of rotatable bonds is 2. The van der Waals surface area contributed by atoms with Gasteiger partial charge in [0.2, 0.25) is 0 Å². The molecule has 0 aromatic heterocycles. The van der Waals surface area contributed by atoms with Gasteiger partial charge >= 0.3 is 0 Å². The van der Waals surface area contributed by atoms with E-state index in [1.54, 1.807) is 13.0 Å². The fraction of sp³-hybridized carbons (Fsp3) is 0.250. The van der Waals surface area contributed by atoms with Crippen LogP contribution in [0, 0.1) is 6.92 Å². The lowest BCUT2D eigenvalue weighted by Gasteiger charge is -2.06. The van der Waals surface area contributed by atoms with Crippen LogP contribution >= 0.6 is 0 Å². The van der Waals surface area contributed by atoms with Crippen molar-refractivity contribution in [2.24, 2.45) is 5.84 Å². The van der Waals surface area contributed by atoms with Crippen LogP contribution in [0.4, 0.5) is 14.5 Å². The quantitative estimate of drug-likeness (QED) is 0.530. The number of anilines is 1. The molecule has 0 spiro atoms. The molecule has 0 amide bonds. The average Bonchev–Trinajstić information content (AvgIpc) is 2.03. The van der Waals surface area contributed by atoms with E-state index < -0.39 is 6.43 Å². The van der Waals surface area contributed by atoms with Crippen LogP contribution in [0.3, 0.4) is 0 Å². The highest BCUT2D eigenvalue weighted by atomic mass is 19.3. The van der Waals surface area contributed by atoms with Gasteiger partial charge in [-0.2, -0.15) is 0 Å². The number of hydrazine groups is 1. The highest BCUT2D eigenvalue weighted by molar-refractivity contribution is 5.47. The third-order valence-electron chi connectivity index (χ3n) is 1.67. The molecule has 1 aromatic rings. The van der Waals surface area contributed by atoms with Crippen LogP contribution in [-0.4, -0.2) is 0 Å². The van der Waals surface area contributed by atoms with E-state index in [1.165, 1.54) is 12.1 Å². The second kappa shape index (κ2) is 3.49. The van der Waals surface area contributed by atoms with Crippen molar-refractivity contribution in [2.75, 3.05) is 5.43 Å². The topological polar surface area (TPSA) is 38.0 Å². The minimum absolute atomic E-state index is 0.0500. The Hall–Kier alpha value is -1.16. The van der Waals surface area contributed by atoms with Crippen molar-refractivity contribution in [1.29, 1.82) is 0 Å². The molecule has 4 heteroatoms. The van der Waals surface area contributed by atoms with Crippen LogP contribution in [0.2, 0.25) is 0 Å². The van der Waals surface area contributed by atoms with Crippen LogP contribution in [0.5, 0.6) is 0 Å². The Morgan fingerprint density at radius 3 is 2.50 bits per heavy atom. The largest absolute Gasteiger partial charge is 0.324 e. The molecule has 0 bridgehead atoms. The van der Waals surface area contributed by atoms with Crippen molar-refractivity contribution in [1.82, 2.24) is 0 Å². The number of hydrogen-bond acceptors (Lipinski definition) is 2. The van der Waals surface area contributed by atoms with Gasteiger partial charge in [0.1, 0.15) is 0 Å². The Bertz CT molecular complexity index is 274. The first kappa shape index (κ1) is 8.93. The smallest absolute Gasteiger partial charge is 0.264 e. The predicted molar refractivity (Wildman–Crippen MR) is 43.9 cm³/mol. The monoisotopic (exact) mass is 172 g/mol. The van der Waals surface area contributed by atoms with E-state index in [-0.39, 0.29) is 5.56 Å². The Kier molecular flexibility index (Phi) is 2.60. The Balaban J connectivity index is 3.03. The lowest BCUT2D eigenvalue weighted by Crippen LogP contribution is -2.07. The zero-order valence-corrected chi connectivity index (χ0v) is 6.64. The molecule has 66 valence electrons. The zero-order chi connectivity index (χ0) is 9.14. The number of nitrogen functional groups attached to an aromatic ring is 1. The van der Waals surface area contributed by atoms with E-state index in [1.807, 2.05) is 0 Å². The molecule has 0 unspecified atom stereocenters. The first-order valence-electron chi connectivity index (χ1n) is 3.50. The van der Waals surface area contributed by atoms with Gasteiger partial charge in [-0.25, -0.2) is 8.78 Å². The first-order valence-corrected chi connectivity index (χ1v) is 3.50. The van der Waals surface area contributed by atoms with E-state index in [9.17, 15) is 8.78 Å². The molecule has 0 saturated heterocycles. The predicted octanol–water partition coefficient (Wildman–Crippen LogP) is 2.22. The molecular weight excluding hydrogens is 162 g/mol. The molecular formula is C8H10F2N2. The lowest BCUT2D eigenvalue weighted by molar-refractivity contribution is 0.150. The molecule has 1 aromatic carbocycles. The highest BCUT2D eigenvalue weighted by Crippen LogP contribution is 2.24. The Morgan fingerprint density at radius 1 is 1.42 bits per heavy atom. The third kappa shape index (κ3) is 1.71. The van der Waals surface area contributed by atoms with Gasteiger partial charge in [0.15, 0.2) is 0 Å². The summed E-state index contributed by atoms with van der Waals surface area (Å²) in [6.45, 7) is 1.63. The number of hydrogen-bond donors (Lipinski definition) is 2. The summed E-state index contributed by atoms with van der Waals surface area (Å²) < 4.78 is 24.4. The van der Waals surface area contributed by atoms with E-state index in [4.69, 9.17) is 5.84 Å². The van der Waals surface area contributed by atoms with Gasteiger partial charge < -0.3 is 5.43 Å². The van der Waals surface area contributed by atoms with E-state index in [0.29, 0.717) is 11.3 Å². The van der Waals surface area contributed by atoms with Crippen LogP contribution in [0.1, 0.15) is 17.6 Å². The minimum Gasteiger partial charge on any atom is -0.324 e. The van der Waals surface area contributed by atoms with Crippen molar-refractivity contribution in [3.05, 3.63) is 29.3 Å². The average molecular weight is 172 g/mol. The molecule has 0 heterocycles. The van der Waals surface area contributed by atoms with Crippen LogP contribution in [-0.2, 0) is 0 Å². The van der Waals surface area contributed by atoms with Gasteiger partial charge in [0.25, 0.3) is 6.43 Å². The summed E-state index contributed by atoms with van der Waals surface area (Å²) in [6, 6.07) is 4.48. The van der Waals surface area contributed by atoms with Gasteiger partial charge in [-0.1, -0.05) is 6.07 Å². The maximum atomic E-state index is 12.2. The van der Waals surface area contributed by atoms with Gasteiger partial charge in [-0.3, -0.25) is 5.84 Å². The van der Waals surface area contributed by atoms with Gasteiger partial charge in [-0.15, -0.1) is 0 Å². The Labute approximate surface area is 69.4 Å². The summed E-state index contributed by atoms with van der Waals surface area (Å²) in [5.74, 6) is 5.11. The fourth-order valence-electron chi connectivity index (χ4n) is 1.01. The maximum absolute atomic E-state index is 12.2.